The molecule has 0 aromatic heterocycles. The lowest BCUT2D eigenvalue weighted by molar-refractivity contribution is -0.157. The molecule has 13 heavy (non-hydrogen) atoms. The van der Waals surface area contributed by atoms with E-state index in [9.17, 15) is 4.91 Å². The molecule has 0 amide bonds. The summed E-state index contributed by atoms with van der Waals surface area (Å²) >= 11 is 5.70. The van der Waals surface area contributed by atoms with Gasteiger partial charge >= 0.3 is 0 Å². The summed E-state index contributed by atoms with van der Waals surface area (Å²) in [5, 5.41) is 2.74. The van der Waals surface area contributed by atoms with Gasteiger partial charge in [0.15, 0.2) is 11.3 Å². The van der Waals surface area contributed by atoms with Crippen LogP contribution in [0.15, 0.2) is 5.18 Å². The van der Waals surface area contributed by atoms with E-state index in [1.165, 1.54) is 0 Å². The lowest BCUT2D eigenvalue weighted by Gasteiger charge is -2.23. The van der Waals surface area contributed by atoms with Gasteiger partial charge in [0.25, 0.3) is 0 Å². The van der Waals surface area contributed by atoms with Crippen LogP contribution in [0.4, 0.5) is 0 Å². The van der Waals surface area contributed by atoms with Crippen LogP contribution in [-0.2, 0) is 9.47 Å². The first kappa shape index (κ1) is 10.9. The zero-order valence-electron chi connectivity index (χ0n) is 8.20. The second-order valence-corrected chi connectivity index (χ2v) is 4.57. The normalized spacial score (nSPS) is 32.8. The number of rotatable bonds is 2. The van der Waals surface area contributed by atoms with Gasteiger partial charge in [0.2, 0.25) is 0 Å². The van der Waals surface area contributed by atoms with Gasteiger partial charge in [-0.1, -0.05) is 11.6 Å². The molecule has 2 atom stereocenters. The van der Waals surface area contributed by atoms with E-state index in [1.807, 2.05) is 13.8 Å². The fraction of sp³-hybridized carbons (Fsp3) is 1.00. The molecule has 1 fully saturated rings. The lowest BCUT2D eigenvalue weighted by atomic mass is 10.0. The van der Waals surface area contributed by atoms with Crippen molar-refractivity contribution in [2.75, 3.05) is 0 Å². The van der Waals surface area contributed by atoms with Gasteiger partial charge in [0.1, 0.15) is 6.10 Å². The van der Waals surface area contributed by atoms with Crippen LogP contribution in [0.1, 0.15) is 27.7 Å². The average Bonchev–Trinajstić information content (AvgIpc) is 2.17. The molecule has 0 saturated carbocycles. The van der Waals surface area contributed by atoms with Crippen molar-refractivity contribution in [2.24, 2.45) is 5.18 Å². The first-order chi connectivity index (χ1) is 5.78. The van der Waals surface area contributed by atoms with Crippen molar-refractivity contribution in [3.05, 3.63) is 4.91 Å². The molecule has 0 aromatic rings. The maximum atomic E-state index is 10.3. The molecule has 0 aromatic carbocycles. The SMILES string of the molecule is CC1(C)O[C@@H](C(Cl)N=O)C(C)(C)O1. The Morgan fingerprint density at radius 3 is 2.23 bits per heavy atom. The fourth-order valence-electron chi connectivity index (χ4n) is 1.61. The molecule has 1 unspecified atom stereocenters. The fourth-order valence-corrected chi connectivity index (χ4v) is 1.96. The Hall–Kier alpha value is -0.190. The van der Waals surface area contributed by atoms with E-state index >= 15 is 0 Å². The van der Waals surface area contributed by atoms with Crippen LogP contribution in [0, 0.1) is 4.91 Å². The molecule has 1 rings (SSSR count). The smallest absolute Gasteiger partial charge is 0.194 e. The van der Waals surface area contributed by atoms with Crippen molar-refractivity contribution < 1.29 is 9.47 Å². The second kappa shape index (κ2) is 3.19. The number of hydrogen-bond acceptors (Lipinski definition) is 4. The number of halogens is 1. The number of ether oxygens (including phenoxy) is 2. The maximum Gasteiger partial charge on any atom is 0.194 e. The van der Waals surface area contributed by atoms with Crippen LogP contribution < -0.4 is 0 Å². The summed E-state index contributed by atoms with van der Waals surface area (Å²) in [6.07, 6.45) is -0.498. The lowest BCUT2D eigenvalue weighted by Crippen LogP contribution is -2.38. The van der Waals surface area contributed by atoms with Crippen molar-refractivity contribution in [3.63, 3.8) is 0 Å². The highest BCUT2D eigenvalue weighted by Crippen LogP contribution is 2.38. The molecular formula is C8H14ClNO3. The van der Waals surface area contributed by atoms with Crippen LogP contribution in [0.2, 0.25) is 0 Å². The highest BCUT2D eigenvalue weighted by Gasteiger charge is 2.50. The predicted octanol–water partition coefficient (Wildman–Crippen LogP) is 2.25. The van der Waals surface area contributed by atoms with E-state index in [0.29, 0.717) is 0 Å². The van der Waals surface area contributed by atoms with Crippen molar-refractivity contribution in [1.82, 2.24) is 0 Å². The Morgan fingerprint density at radius 2 is 1.92 bits per heavy atom. The van der Waals surface area contributed by atoms with Gasteiger partial charge in [0, 0.05) is 0 Å². The second-order valence-electron chi connectivity index (χ2n) is 4.12. The van der Waals surface area contributed by atoms with Gasteiger partial charge in [-0.15, -0.1) is 4.91 Å². The molecule has 0 N–H and O–H groups in total. The minimum atomic E-state index is -0.906. The van der Waals surface area contributed by atoms with E-state index < -0.39 is 23.0 Å². The summed E-state index contributed by atoms with van der Waals surface area (Å²) < 4.78 is 11.0. The van der Waals surface area contributed by atoms with Crippen LogP contribution in [0.5, 0.6) is 0 Å². The minimum absolute atomic E-state index is 0.498. The average molecular weight is 208 g/mol. The third-order valence-electron chi connectivity index (χ3n) is 1.96. The summed E-state index contributed by atoms with van der Waals surface area (Å²) in [5.41, 5.74) is -1.49. The quantitative estimate of drug-likeness (QED) is 0.396. The summed E-state index contributed by atoms with van der Waals surface area (Å²) in [7, 11) is 0. The molecule has 0 aliphatic carbocycles. The van der Waals surface area contributed by atoms with E-state index in [-0.39, 0.29) is 0 Å². The molecule has 1 heterocycles. The standard InChI is InChI=1S/C8H14ClNO3/c1-7(2)5(6(9)10-11)12-8(3,4)13-7/h5-6H,1-4H3/t5-,6?/m0/s1. The van der Waals surface area contributed by atoms with Crippen molar-refractivity contribution in [2.45, 2.75) is 50.7 Å². The monoisotopic (exact) mass is 207 g/mol. The molecular weight excluding hydrogens is 194 g/mol. The zero-order valence-corrected chi connectivity index (χ0v) is 8.96. The van der Waals surface area contributed by atoms with Crippen LogP contribution in [-0.4, -0.2) is 23.0 Å². The Kier molecular flexibility index (Phi) is 2.67. The molecule has 1 aliphatic heterocycles. The molecule has 0 bridgehead atoms. The first-order valence-electron chi connectivity index (χ1n) is 4.13. The molecule has 0 spiro atoms. The Bertz CT molecular complexity index is 217. The third kappa shape index (κ3) is 2.18. The number of nitroso groups, excluding NO2 is 1. The molecule has 4 nitrogen and oxygen atoms in total. The third-order valence-corrected chi connectivity index (χ3v) is 2.26. The number of alkyl halides is 1. The number of hydrogen-bond donors (Lipinski definition) is 0. The Morgan fingerprint density at radius 1 is 1.38 bits per heavy atom. The molecule has 1 aliphatic rings. The highest BCUT2D eigenvalue weighted by atomic mass is 35.5. The molecule has 1 saturated heterocycles. The van der Waals surface area contributed by atoms with Crippen LogP contribution >= 0.6 is 11.6 Å². The highest BCUT2D eigenvalue weighted by molar-refractivity contribution is 6.20. The van der Waals surface area contributed by atoms with Crippen molar-refractivity contribution >= 4 is 11.6 Å². The molecule has 76 valence electrons. The summed E-state index contributed by atoms with van der Waals surface area (Å²) in [4.78, 5) is 10.3. The Balaban J connectivity index is 2.81. The van der Waals surface area contributed by atoms with Gasteiger partial charge in [-0.3, -0.25) is 0 Å². The van der Waals surface area contributed by atoms with Crippen molar-refractivity contribution in [1.29, 1.82) is 0 Å². The summed E-state index contributed by atoms with van der Waals surface area (Å²) in [6, 6.07) is 0. The minimum Gasteiger partial charge on any atom is -0.342 e. The van der Waals surface area contributed by atoms with E-state index in [4.69, 9.17) is 21.1 Å². The predicted molar refractivity (Wildman–Crippen MR) is 49.6 cm³/mol. The van der Waals surface area contributed by atoms with Crippen LogP contribution in [0.3, 0.4) is 0 Å². The van der Waals surface area contributed by atoms with E-state index in [1.54, 1.807) is 13.8 Å². The molecule has 0 radical (unpaired) electrons. The number of nitrogens with zero attached hydrogens (tertiary/aromatic N) is 1. The van der Waals surface area contributed by atoms with Gasteiger partial charge < -0.3 is 9.47 Å². The summed E-state index contributed by atoms with van der Waals surface area (Å²) in [5.74, 6) is -0.702. The van der Waals surface area contributed by atoms with E-state index in [2.05, 4.69) is 5.18 Å². The largest absolute Gasteiger partial charge is 0.342 e. The van der Waals surface area contributed by atoms with Crippen molar-refractivity contribution in [3.8, 4) is 0 Å². The Labute approximate surface area is 82.5 Å². The van der Waals surface area contributed by atoms with Crippen LogP contribution in [0.25, 0.3) is 0 Å². The van der Waals surface area contributed by atoms with Gasteiger partial charge in [0.05, 0.1) is 5.60 Å². The molecule has 5 heteroatoms. The first-order valence-corrected chi connectivity index (χ1v) is 4.57. The van der Waals surface area contributed by atoms with Gasteiger partial charge in [-0.25, -0.2) is 0 Å². The maximum absolute atomic E-state index is 10.3. The topological polar surface area (TPSA) is 47.9 Å². The summed E-state index contributed by atoms with van der Waals surface area (Å²) in [6.45, 7) is 7.21. The van der Waals surface area contributed by atoms with Gasteiger partial charge in [-0.05, 0) is 32.9 Å². The van der Waals surface area contributed by atoms with Gasteiger partial charge in [-0.2, -0.15) is 0 Å². The van der Waals surface area contributed by atoms with E-state index in [0.717, 1.165) is 0 Å². The zero-order chi connectivity index (χ0) is 10.3.